The third-order valence-corrected chi connectivity index (χ3v) is 7.30. The van der Waals surface area contributed by atoms with Gasteiger partial charge in [0.25, 0.3) is 0 Å². The first kappa shape index (κ1) is 19.7. The number of hydroxylamine groups is 1. The number of nitrogens with zero attached hydrogens (tertiary/aromatic N) is 3. The molecular weight excluding hydrogens is 378 g/mol. The summed E-state index contributed by atoms with van der Waals surface area (Å²) in [6, 6.07) is -0.185. The standard InChI is InChI=1S/C19H29N5O3S/c25-16(23-27)8-14(7-13-3-1-2-4-13)10-24-11-19(5-6-19)9-15(24)17(26)21-18-22-20-12-28-18/h12-15,27H,1-11H2,(H,23,25)(H,21,22,26)/t14-,15+/m1/s1. The zero-order valence-corrected chi connectivity index (χ0v) is 16.9. The van der Waals surface area contributed by atoms with E-state index in [0.29, 0.717) is 17.5 Å². The first-order valence-corrected chi connectivity index (χ1v) is 11.2. The van der Waals surface area contributed by atoms with Crippen LogP contribution in [0.2, 0.25) is 0 Å². The number of carbonyl (C=O) groups is 2. The molecule has 28 heavy (non-hydrogen) atoms. The van der Waals surface area contributed by atoms with Crippen molar-refractivity contribution in [3.8, 4) is 0 Å². The van der Waals surface area contributed by atoms with E-state index < -0.39 is 0 Å². The molecule has 154 valence electrons. The molecular formula is C19H29N5O3S. The summed E-state index contributed by atoms with van der Waals surface area (Å²) < 4.78 is 0. The smallest absolute Gasteiger partial charge is 0.243 e. The van der Waals surface area contributed by atoms with Gasteiger partial charge in [-0.15, -0.1) is 10.2 Å². The Kier molecular flexibility index (Phi) is 5.93. The van der Waals surface area contributed by atoms with Gasteiger partial charge in [-0.25, -0.2) is 5.48 Å². The van der Waals surface area contributed by atoms with Gasteiger partial charge in [-0.1, -0.05) is 37.0 Å². The van der Waals surface area contributed by atoms with Gasteiger partial charge in [-0.05, 0) is 42.9 Å². The first-order valence-electron chi connectivity index (χ1n) is 10.3. The molecule has 2 aliphatic carbocycles. The minimum Gasteiger partial charge on any atom is -0.299 e. The quantitative estimate of drug-likeness (QED) is 0.451. The zero-order chi connectivity index (χ0) is 19.6. The summed E-state index contributed by atoms with van der Waals surface area (Å²) in [6.45, 7) is 1.64. The highest BCUT2D eigenvalue weighted by Crippen LogP contribution is 2.55. The van der Waals surface area contributed by atoms with E-state index in [-0.39, 0.29) is 29.2 Å². The van der Waals surface area contributed by atoms with Crippen molar-refractivity contribution < 1.29 is 14.8 Å². The van der Waals surface area contributed by atoms with Crippen molar-refractivity contribution in [1.82, 2.24) is 20.6 Å². The van der Waals surface area contributed by atoms with E-state index in [4.69, 9.17) is 5.21 Å². The molecule has 1 aromatic heterocycles. The molecule has 1 aliphatic heterocycles. The largest absolute Gasteiger partial charge is 0.299 e. The van der Waals surface area contributed by atoms with Crippen LogP contribution in [0.4, 0.5) is 5.13 Å². The molecule has 3 N–H and O–H groups in total. The summed E-state index contributed by atoms with van der Waals surface area (Å²) >= 11 is 1.32. The Morgan fingerprint density at radius 1 is 1.36 bits per heavy atom. The van der Waals surface area contributed by atoms with Gasteiger partial charge in [-0.2, -0.15) is 0 Å². The molecule has 1 aromatic rings. The van der Waals surface area contributed by atoms with Crippen LogP contribution < -0.4 is 10.8 Å². The van der Waals surface area contributed by atoms with Gasteiger partial charge in [0.15, 0.2) is 0 Å². The predicted octanol–water partition coefficient (Wildman–Crippen LogP) is 2.42. The normalized spacial score (nSPS) is 25.1. The Morgan fingerprint density at radius 3 is 2.79 bits per heavy atom. The molecule has 8 nitrogen and oxygen atoms in total. The van der Waals surface area contributed by atoms with E-state index in [1.807, 2.05) is 0 Å². The van der Waals surface area contributed by atoms with Crippen molar-refractivity contribution in [3.63, 3.8) is 0 Å². The minimum absolute atomic E-state index is 0.0215. The number of aromatic nitrogens is 2. The second-order valence-corrected chi connectivity index (χ2v) is 9.71. The van der Waals surface area contributed by atoms with Crippen LogP contribution in [0.15, 0.2) is 5.51 Å². The van der Waals surface area contributed by atoms with Gasteiger partial charge in [-0.3, -0.25) is 25.0 Å². The van der Waals surface area contributed by atoms with Crippen molar-refractivity contribution in [2.45, 2.75) is 63.8 Å². The van der Waals surface area contributed by atoms with Crippen LogP contribution in [-0.4, -0.2) is 51.3 Å². The molecule has 0 unspecified atom stereocenters. The van der Waals surface area contributed by atoms with Gasteiger partial charge in [0.1, 0.15) is 5.51 Å². The molecule has 9 heteroatoms. The van der Waals surface area contributed by atoms with E-state index in [2.05, 4.69) is 20.4 Å². The molecule has 1 saturated heterocycles. The summed E-state index contributed by atoms with van der Waals surface area (Å²) in [6.07, 6.45) is 9.51. The van der Waals surface area contributed by atoms with Crippen LogP contribution >= 0.6 is 11.3 Å². The lowest BCUT2D eigenvalue weighted by Crippen LogP contribution is -2.43. The molecule has 2 heterocycles. The molecule has 3 aliphatic rings. The number of hydrogen-bond donors (Lipinski definition) is 3. The molecule has 0 bridgehead atoms. The highest BCUT2D eigenvalue weighted by Gasteiger charge is 2.54. The maximum atomic E-state index is 12.9. The molecule has 0 radical (unpaired) electrons. The van der Waals surface area contributed by atoms with E-state index in [1.165, 1.54) is 49.9 Å². The fraction of sp³-hybridized carbons (Fsp3) is 0.789. The van der Waals surface area contributed by atoms with Crippen LogP contribution in [0.25, 0.3) is 0 Å². The fourth-order valence-corrected chi connectivity index (χ4v) is 5.58. The van der Waals surface area contributed by atoms with Crippen LogP contribution in [0.3, 0.4) is 0 Å². The lowest BCUT2D eigenvalue weighted by atomic mass is 9.90. The van der Waals surface area contributed by atoms with E-state index in [0.717, 1.165) is 25.9 Å². The second-order valence-electron chi connectivity index (χ2n) is 8.87. The van der Waals surface area contributed by atoms with Gasteiger partial charge < -0.3 is 0 Å². The summed E-state index contributed by atoms with van der Waals surface area (Å²) in [5, 5.41) is 20.1. The van der Waals surface area contributed by atoms with E-state index >= 15 is 0 Å². The number of amides is 2. The molecule has 2 saturated carbocycles. The van der Waals surface area contributed by atoms with E-state index in [1.54, 1.807) is 11.0 Å². The maximum absolute atomic E-state index is 12.9. The molecule has 4 rings (SSSR count). The summed E-state index contributed by atoms with van der Waals surface area (Å²) in [5.41, 5.74) is 3.67. The number of rotatable bonds is 8. The third-order valence-electron chi connectivity index (χ3n) is 6.69. The maximum Gasteiger partial charge on any atom is 0.243 e. The topological polar surface area (TPSA) is 107 Å². The van der Waals surface area contributed by atoms with Gasteiger partial charge in [0, 0.05) is 19.5 Å². The van der Waals surface area contributed by atoms with Crippen LogP contribution in [-0.2, 0) is 9.59 Å². The zero-order valence-electron chi connectivity index (χ0n) is 16.1. The Balaban J connectivity index is 1.43. The second kappa shape index (κ2) is 8.42. The number of likely N-dealkylation sites (tertiary alicyclic amines) is 1. The van der Waals surface area contributed by atoms with Crippen molar-refractivity contribution in [3.05, 3.63) is 5.51 Å². The SMILES string of the molecule is O=C(C[C@@H](CC1CCCC1)CN1CC2(CC2)C[C@H]1C(=O)Nc1nncs1)NO. The Labute approximate surface area is 169 Å². The van der Waals surface area contributed by atoms with Crippen molar-refractivity contribution >= 4 is 28.3 Å². The Morgan fingerprint density at radius 2 is 2.14 bits per heavy atom. The van der Waals surface area contributed by atoms with Crippen LogP contribution in [0.1, 0.15) is 57.8 Å². The van der Waals surface area contributed by atoms with Crippen molar-refractivity contribution in [1.29, 1.82) is 0 Å². The third kappa shape index (κ3) is 4.69. The van der Waals surface area contributed by atoms with Gasteiger partial charge >= 0.3 is 0 Å². The molecule has 3 fully saturated rings. The first-order chi connectivity index (χ1) is 13.6. The van der Waals surface area contributed by atoms with Gasteiger partial charge in [0.05, 0.1) is 6.04 Å². The average molecular weight is 408 g/mol. The predicted molar refractivity (Wildman–Crippen MR) is 105 cm³/mol. The Bertz CT molecular complexity index is 688. The lowest BCUT2D eigenvalue weighted by Gasteiger charge is -2.29. The monoisotopic (exact) mass is 407 g/mol. The fourth-order valence-electron chi connectivity index (χ4n) is 5.13. The summed E-state index contributed by atoms with van der Waals surface area (Å²) in [5.74, 6) is 0.452. The number of hydrogen-bond acceptors (Lipinski definition) is 7. The highest BCUT2D eigenvalue weighted by molar-refractivity contribution is 7.13. The van der Waals surface area contributed by atoms with Crippen molar-refractivity contribution in [2.24, 2.45) is 17.3 Å². The van der Waals surface area contributed by atoms with Crippen LogP contribution in [0, 0.1) is 17.3 Å². The lowest BCUT2D eigenvalue weighted by molar-refractivity contribution is -0.130. The molecule has 2 amide bonds. The summed E-state index contributed by atoms with van der Waals surface area (Å²) in [7, 11) is 0. The molecule has 2 atom stereocenters. The minimum atomic E-state index is -0.335. The summed E-state index contributed by atoms with van der Waals surface area (Å²) in [4.78, 5) is 27.0. The molecule has 1 spiro atoms. The van der Waals surface area contributed by atoms with Gasteiger partial charge in [0.2, 0.25) is 16.9 Å². The van der Waals surface area contributed by atoms with Crippen molar-refractivity contribution in [2.75, 3.05) is 18.4 Å². The number of carbonyl (C=O) groups excluding carboxylic acids is 2. The molecule has 0 aromatic carbocycles. The number of nitrogens with one attached hydrogen (secondary N) is 2. The van der Waals surface area contributed by atoms with Crippen LogP contribution in [0.5, 0.6) is 0 Å². The van der Waals surface area contributed by atoms with E-state index in [9.17, 15) is 9.59 Å². The average Bonchev–Trinajstić information content (AvgIpc) is 3.08. The highest BCUT2D eigenvalue weighted by atomic mass is 32.1. The Hall–Kier alpha value is -1.58. The number of anilines is 1.